The molecule has 5 aromatic rings. The Labute approximate surface area is 349 Å². The van der Waals surface area contributed by atoms with Gasteiger partial charge in [0.2, 0.25) is 0 Å². The fourth-order valence-electron chi connectivity index (χ4n) is 9.65. The second kappa shape index (κ2) is 18.3. The first kappa shape index (κ1) is 40.5. The fourth-order valence-corrected chi connectivity index (χ4v) is 9.65. The van der Waals surface area contributed by atoms with Crippen LogP contribution in [0.25, 0.3) is 27.9 Å². The molecule has 0 saturated carbocycles. The van der Waals surface area contributed by atoms with Gasteiger partial charge < -0.3 is 0 Å². The minimum Gasteiger partial charge on any atom is -0.0911 e. The number of benzene rings is 5. The van der Waals surface area contributed by atoms with Crippen molar-refractivity contribution in [3.8, 4) is 0 Å². The van der Waals surface area contributed by atoms with Gasteiger partial charge in [0.25, 0.3) is 0 Å². The molecule has 0 radical (unpaired) electrons. The molecule has 8 rings (SSSR count). The Morgan fingerprint density at radius 2 is 1.41 bits per heavy atom. The highest BCUT2D eigenvalue weighted by molar-refractivity contribution is 5.91. The number of hydrogen-bond donors (Lipinski definition) is 0. The van der Waals surface area contributed by atoms with Gasteiger partial charge in [0.15, 0.2) is 0 Å². The van der Waals surface area contributed by atoms with Gasteiger partial charge in [-0.1, -0.05) is 191 Å². The van der Waals surface area contributed by atoms with Crippen LogP contribution in [0.3, 0.4) is 0 Å². The summed E-state index contributed by atoms with van der Waals surface area (Å²) in [6, 6.07) is 49.1. The molecule has 0 fully saturated rings. The van der Waals surface area contributed by atoms with Crippen molar-refractivity contribution in [1.29, 1.82) is 0 Å². The van der Waals surface area contributed by atoms with Crippen LogP contribution in [-0.2, 0) is 5.41 Å². The molecule has 5 aromatic carbocycles. The molecule has 0 heteroatoms. The third-order valence-electron chi connectivity index (χ3n) is 12.8. The van der Waals surface area contributed by atoms with Gasteiger partial charge in [0, 0.05) is 5.41 Å². The zero-order valence-electron chi connectivity index (χ0n) is 35.6. The predicted octanol–water partition coefficient (Wildman–Crippen LogP) is 16.4. The van der Waals surface area contributed by atoms with Crippen molar-refractivity contribution in [3.05, 3.63) is 232 Å². The molecule has 0 amide bonds. The molecular formula is C58H60. The van der Waals surface area contributed by atoms with Crippen LogP contribution in [0.1, 0.15) is 130 Å². The van der Waals surface area contributed by atoms with Gasteiger partial charge in [0.05, 0.1) is 0 Å². The molecule has 58 heavy (non-hydrogen) atoms. The summed E-state index contributed by atoms with van der Waals surface area (Å²) >= 11 is 0. The summed E-state index contributed by atoms with van der Waals surface area (Å²) < 4.78 is 0. The smallest absolute Gasteiger partial charge is 0.0432 e. The van der Waals surface area contributed by atoms with E-state index in [-0.39, 0.29) is 5.41 Å². The number of fused-ring (bicyclic) bond motifs is 3. The molecule has 3 aliphatic carbocycles. The highest BCUT2D eigenvalue weighted by Crippen LogP contribution is 2.55. The van der Waals surface area contributed by atoms with Crippen molar-refractivity contribution in [2.24, 2.45) is 0 Å². The maximum Gasteiger partial charge on any atom is 0.0432 e. The molecule has 292 valence electrons. The Bertz CT molecular complexity index is 2430. The Balaban J connectivity index is 0.00000252. The van der Waals surface area contributed by atoms with Crippen LogP contribution in [0.5, 0.6) is 0 Å². The van der Waals surface area contributed by atoms with Crippen molar-refractivity contribution >= 4 is 27.9 Å². The molecule has 3 aliphatic rings. The lowest BCUT2D eigenvalue weighted by Gasteiger charge is -2.32. The van der Waals surface area contributed by atoms with E-state index in [2.05, 4.69) is 198 Å². The van der Waals surface area contributed by atoms with Gasteiger partial charge >= 0.3 is 0 Å². The Hall–Kier alpha value is -5.72. The molecule has 0 heterocycles. The molecule has 0 nitrogen and oxygen atoms in total. The van der Waals surface area contributed by atoms with Crippen LogP contribution in [0.2, 0.25) is 0 Å². The second-order valence-corrected chi connectivity index (χ2v) is 16.1. The van der Waals surface area contributed by atoms with Crippen LogP contribution in [0, 0.1) is 0 Å². The SMILES string of the molecule is C=C1/C=C(/c2ccc3c(c2)C2=C(C=CCC2)C3(C)C(/C=C(\C)c2ccccc2)=C/C(=CC)c2ccccc2)CCC[C@H](C(C)c2ccccc2)c2ccccc21.CC. The zero-order chi connectivity index (χ0) is 40.6. The number of rotatable bonds is 8. The Morgan fingerprint density at radius 3 is 2.12 bits per heavy atom. The summed E-state index contributed by atoms with van der Waals surface area (Å²) in [6.07, 6.45) is 19.8. The van der Waals surface area contributed by atoms with Gasteiger partial charge in [-0.15, -0.1) is 0 Å². The number of allylic oxidation sites excluding steroid dienone is 13. The van der Waals surface area contributed by atoms with Crippen LogP contribution in [0.15, 0.2) is 188 Å². The minimum atomic E-state index is -0.324. The molecule has 0 N–H and O–H groups in total. The molecule has 0 bridgehead atoms. The summed E-state index contributed by atoms with van der Waals surface area (Å²) in [5.74, 6) is 0.844. The first-order valence-corrected chi connectivity index (χ1v) is 21.6. The van der Waals surface area contributed by atoms with Crippen LogP contribution >= 0.6 is 0 Å². The van der Waals surface area contributed by atoms with E-state index in [1.54, 1.807) is 0 Å². The number of hydrogen-bond acceptors (Lipinski definition) is 0. The molecule has 0 spiro atoms. The summed E-state index contributed by atoms with van der Waals surface area (Å²) in [6.45, 7) is 18.0. The Morgan fingerprint density at radius 1 is 0.759 bits per heavy atom. The monoisotopic (exact) mass is 756 g/mol. The molecule has 0 aromatic heterocycles. The summed E-state index contributed by atoms with van der Waals surface area (Å²) in [5.41, 5.74) is 19.6. The lowest BCUT2D eigenvalue weighted by atomic mass is 9.70. The zero-order valence-corrected chi connectivity index (χ0v) is 35.6. The van der Waals surface area contributed by atoms with Crippen molar-refractivity contribution in [3.63, 3.8) is 0 Å². The average molecular weight is 757 g/mol. The summed E-state index contributed by atoms with van der Waals surface area (Å²) in [7, 11) is 0. The van der Waals surface area contributed by atoms with E-state index in [1.165, 1.54) is 77.9 Å². The van der Waals surface area contributed by atoms with Crippen LogP contribution < -0.4 is 0 Å². The first-order chi connectivity index (χ1) is 28.4. The van der Waals surface area contributed by atoms with E-state index in [4.69, 9.17) is 6.58 Å². The van der Waals surface area contributed by atoms with Gasteiger partial charge in [-0.05, 0) is 154 Å². The predicted molar refractivity (Wildman–Crippen MR) is 254 cm³/mol. The standard InChI is InChI=1S/C56H54.C2H6/c1-6-42(45-25-14-9-15-26-45)37-48(36-39(2)43-21-10-7-11-22-43)56(5)54-32-19-18-30-52(54)53-38-47(33-34-55(53)56)46-27-20-31-50(41(4)44-23-12-8-13-24-44)51-29-17-16-28-49(51)40(3)35-46;1-2/h6-17,19,21-26,28-29,32-38,41,50H,3,18,20,27,30-31H2,1-2,4-5H3;1-2H3/b39-36+,42-6?,46-35+,48-37+;/t41?,50-,56?;/m1./s1. The normalized spacial score (nSPS) is 20.9. The maximum absolute atomic E-state index is 4.72. The van der Waals surface area contributed by atoms with Crippen LogP contribution in [-0.4, -0.2) is 0 Å². The topological polar surface area (TPSA) is 0 Å². The van der Waals surface area contributed by atoms with Crippen molar-refractivity contribution in [2.75, 3.05) is 0 Å². The molecule has 0 saturated heterocycles. The van der Waals surface area contributed by atoms with Gasteiger partial charge in [-0.25, -0.2) is 0 Å². The highest BCUT2D eigenvalue weighted by Gasteiger charge is 2.43. The minimum absolute atomic E-state index is 0.324. The van der Waals surface area contributed by atoms with E-state index in [0.29, 0.717) is 11.8 Å². The lowest BCUT2D eigenvalue weighted by Crippen LogP contribution is -2.24. The molecule has 3 atom stereocenters. The van der Waals surface area contributed by atoms with Crippen LogP contribution in [0.4, 0.5) is 0 Å². The largest absolute Gasteiger partial charge is 0.0911 e. The van der Waals surface area contributed by atoms with E-state index in [9.17, 15) is 0 Å². The van der Waals surface area contributed by atoms with Crippen molar-refractivity contribution in [2.45, 2.75) is 90.9 Å². The third kappa shape index (κ3) is 8.03. The van der Waals surface area contributed by atoms with E-state index < -0.39 is 0 Å². The molecule has 2 unspecified atom stereocenters. The van der Waals surface area contributed by atoms with Crippen molar-refractivity contribution in [1.82, 2.24) is 0 Å². The van der Waals surface area contributed by atoms with Gasteiger partial charge in [-0.2, -0.15) is 0 Å². The third-order valence-corrected chi connectivity index (χ3v) is 12.8. The first-order valence-electron chi connectivity index (χ1n) is 21.6. The quantitative estimate of drug-likeness (QED) is 0.138. The Kier molecular flexibility index (Phi) is 12.7. The average Bonchev–Trinajstić information content (AvgIpc) is 3.58. The summed E-state index contributed by atoms with van der Waals surface area (Å²) in [5, 5.41) is 0. The summed E-state index contributed by atoms with van der Waals surface area (Å²) in [4.78, 5) is 0. The molecular weight excluding hydrogens is 697 g/mol. The lowest BCUT2D eigenvalue weighted by molar-refractivity contribution is 0.520. The maximum atomic E-state index is 4.72. The second-order valence-electron chi connectivity index (χ2n) is 16.1. The fraction of sp³-hybridized carbons (Fsp3) is 0.241. The highest BCUT2D eigenvalue weighted by atomic mass is 14.5. The van der Waals surface area contributed by atoms with E-state index in [0.717, 1.165) is 37.7 Å². The molecule has 0 aliphatic heterocycles. The van der Waals surface area contributed by atoms with E-state index in [1.807, 2.05) is 13.8 Å². The van der Waals surface area contributed by atoms with E-state index >= 15 is 0 Å². The van der Waals surface area contributed by atoms with Gasteiger partial charge in [0.1, 0.15) is 0 Å². The van der Waals surface area contributed by atoms with Crippen molar-refractivity contribution < 1.29 is 0 Å². The van der Waals surface area contributed by atoms with Gasteiger partial charge in [-0.3, -0.25) is 0 Å².